The van der Waals surface area contributed by atoms with E-state index in [0.29, 0.717) is 17.9 Å². The highest BCUT2D eigenvalue weighted by atomic mass is 127. The summed E-state index contributed by atoms with van der Waals surface area (Å²) in [5.41, 5.74) is 1.28. The summed E-state index contributed by atoms with van der Waals surface area (Å²) in [5.74, 6) is 0.359. The molecule has 0 bridgehead atoms. The Bertz CT molecular complexity index is 766. The van der Waals surface area contributed by atoms with Crippen molar-refractivity contribution >= 4 is 22.6 Å². The molecule has 0 radical (unpaired) electrons. The Balaban J connectivity index is 1.98. The number of phenolic OH excluding ortho intramolecular Hbond substituents is 1. The molecule has 2 unspecified atom stereocenters. The Labute approximate surface area is 147 Å². The number of aliphatic hydroxyl groups is 3. The van der Waals surface area contributed by atoms with Crippen LogP contribution in [0, 0.1) is 5.92 Å². The van der Waals surface area contributed by atoms with Gasteiger partial charge in [-0.25, -0.2) is 0 Å². The number of alkyl halides is 1. The van der Waals surface area contributed by atoms with Crippen molar-refractivity contribution in [3.8, 4) is 11.5 Å². The topological polar surface area (TPSA) is 90.2 Å². The molecule has 5 nitrogen and oxygen atoms in total. The van der Waals surface area contributed by atoms with Crippen LogP contribution in [0.4, 0.5) is 0 Å². The number of hydrogen-bond donors (Lipinski definition) is 4. The monoisotopic (exact) mass is 428 g/mol. The number of halogens is 1. The summed E-state index contributed by atoms with van der Waals surface area (Å²) in [7, 11) is 0. The Kier molecular flexibility index (Phi) is 3.09. The molecular weight excluding hydrogens is 411 g/mol. The van der Waals surface area contributed by atoms with Crippen LogP contribution in [0.15, 0.2) is 41.2 Å². The molecule has 0 aromatic heterocycles. The Morgan fingerprint density at radius 3 is 2.78 bits per heavy atom. The molecule has 1 aromatic carbocycles. The van der Waals surface area contributed by atoms with Crippen LogP contribution >= 0.6 is 22.6 Å². The highest BCUT2D eigenvalue weighted by Crippen LogP contribution is 2.64. The van der Waals surface area contributed by atoms with Gasteiger partial charge in [0.1, 0.15) is 23.4 Å². The number of aliphatic hydroxyl groups excluding tert-OH is 2. The number of aromatic hydroxyl groups is 1. The van der Waals surface area contributed by atoms with Crippen molar-refractivity contribution < 1.29 is 25.2 Å². The summed E-state index contributed by atoms with van der Waals surface area (Å²) in [6.07, 6.45) is 0.800. The van der Waals surface area contributed by atoms with Crippen LogP contribution in [-0.4, -0.2) is 38.7 Å². The largest absolute Gasteiger partial charge is 0.510 e. The first-order valence-corrected chi connectivity index (χ1v) is 8.54. The minimum Gasteiger partial charge on any atom is -0.510 e. The summed E-state index contributed by atoms with van der Waals surface area (Å²) in [4.78, 5) is 0. The molecule has 1 heterocycles. The molecular formula is C17H17IO5. The fraction of sp³-hybridized carbons (Fsp3) is 0.412. The first-order valence-electron chi connectivity index (χ1n) is 7.46. The van der Waals surface area contributed by atoms with Crippen molar-refractivity contribution in [2.45, 2.75) is 28.5 Å². The third-order valence-electron chi connectivity index (χ3n) is 5.26. The van der Waals surface area contributed by atoms with E-state index in [1.165, 1.54) is 6.08 Å². The Morgan fingerprint density at radius 2 is 2.04 bits per heavy atom. The van der Waals surface area contributed by atoms with Gasteiger partial charge in [-0.2, -0.15) is 0 Å². The number of hydrogen-bond acceptors (Lipinski definition) is 5. The van der Waals surface area contributed by atoms with Gasteiger partial charge in [-0.05, 0) is 36.3 Å². The van der Waals surface area contributed by atoms with Gasteiger partial charge in [0.15, 0.2) is 0 Å². The number of benzene rings is 1. The molecule has 23 heavy (non-hydrogen) atoms. The van der Waals surface area contributed by atoms with E-state index in [1.807, 2.05) is 0 Å². The van der Waals surface area contributed by atoms with Gasteiger partial charge >= 0.3 is 0 Å². The molecule has 0 saturated heterocycles. The average molecular weight is 428 g/mol. The van der Waals surface area contributed by atoms with Gasteiger partial charge in [-0.3, -0.25) is 0 Å². The summed E-state index contributed by atoms with van der Waals surface area (Å²) in [6, 6.07) is 4.98. The lowest BCUT2D eigenvalue weighted by atomic mass is 9.77. The zero-order valence-corrected chi connectivity index (χ0v) is 14.6. The Hall–Kier alpha value is -1.25. The highest BCUT2D eigenvalue weighted by Gasteiger charge is 2.61. The minimum atomic E-state index is -1.17. The van der Waals surface area contributed by atoms with Crippen LogP contribution in [0.2, 0.25) is 0 Å². The lowest BCUT2D eigenvalue weighted by molar-refractivity contribution is 0.00945. The van der Waals surface area contributed by atoms with E-state index in [-0.39, 0.29) is 23.8 Å². The molecule has 122 valence electrons. The van der Waals surface area contributed by atoms with Crippen molar-refractivity contribution in [3.05, 3.63) is 46.7 Å². The first kappa shape index (κ1) is 15.3. The maximum atomic E-state index is 11.1. The standard InChI is InChI=1S/C17H17IO5/c1-16(22)10-5-12(20)13(21)6-11(10)17(18)9-3-2-8(19)4-14(9)23-7-15(16)17/h2-5,13,15,19-22H,6-7H2,1H3/t13?,15?,16-,17+/m0/s1. The summed E-state index contributed by atoms with van der Waals surface area (Å²) in [5, 5.41) is 40.8. The molecule has 0 saturated carbocycles. The van der Waals surface area contributed by atoms with E-state index < -0.39 is 15.1 Å². The lowest BCUT2D eigenvalue weighted by Crippen LogP contribution is -2.46. The molecule has 1 aliphatic heterocycles. The van der Waals surface area contributed by atoms with E-state index in [1.54, 1.807) is 25.1 Å². The normalized spacial score (nSPS) is 38.3. The third kappa shape index (κ3) is 1.85. The predicted molar refractivity (Wildman–Crippen MR) is 91.8 cm³/mol. The van der Waals surface area contributed by atoms with Crippen molar-refractivity contribution in [2.24, 2.45) is 5.92 Å². The quantitative estimate of drug-likeness (QED) is 0.376. The molecule has 3 aliphatic rings. The van der Waals surface area contributed by atoms with Crippen molar-refractivity contribution in [1.29, 1.82) is 0 Å². The molecule has 0 fully saturated rings. The highest BCUT2D eigenvalue weighted by molar-refractivity contribution is 14.1. The molecule has 2 aliphatic carbocycles. The van der Waals surface area contributed by atoms with Crippen molar-refractivity contribution in [2.75, 3.05) is 6.61 Å². The molecule has 4 N–H and O–H groups in total. The molecule has 0 spiro atoms. The van der Waals surface area contributed by atoms with E-state index in [9.17, 15) is 20.4 Å². The maximum absolute atomic E-state index is 11.1. The van der Waals surface area contributed by atoms with Crippen LogP contribution in [-0.2, 0) is 3.42 Å². The molecule has 4 atom stereocenters. The number of ether oxygens (including phenoxy) is 1. The number of phenols is 1. The van der Waals surface area contributed by atoms with Gasteiger partial charge in [0.2, 0.25) is 0 Å². The summed E-state index contributed by atoms with van der Waals surface area (Å²) in [6.45, 7) is 2.02. The van der Waals surface area contributed by atoms with Crippen LogP contribution in [0.1, 0.15) is 18.9 Å². The second-order valence-electron chi connectivity index (χ2n) is 6.58. The second kappa shape index (κ2) is 4.64. The minimum absolute atomic E-state index is 0.116. The number of fused-ring (bicyclic) bond motifs is 4. The summed E-state index contributed by atoms with van der Waals surface area (Å²) < 4.78 is 5.24. The van der Waals surface area contributed by atoms with Crippen molar-refractivity contribution in [3.63, 3.8) is 0 Å². The van der Waals surface area contributed by atoms with Crippen molar-refractivity contribution in [1.82, 2.24) is 0 Å². The molecule has 6 heteroatoms. The first-order chi connectivity index (χ1) is 10.8. The third-order valence-corrected chi connectivity index (χ3v) is 7.25. The number of rotatable bonds is 0. The maximum Gasteiger partial charge on any atom is 0.127 e. The van der Waals surface area contributed by atoms with Gasteiger partial charge in [0.25, 0.3) is 0 Å². The Morgan fingerprint density at radius 1 is 1.30 bits per heavy atom. The fourth-order valence-corrected chi connectivity index (χ4v) is 5.79. The van der Waals surface area contributed by atoms with Crippen LogP contribution in [0.3, 0.4) is 0 Å². The van der Waals surface area contributed by atoms with E-state index >= 15 is 0 Å². The average Bonchev–Trinajstić information content (AvgIpc) is 2.64. The lowest BCUT2D eigenvalue weighted by Gasteiger charge is -2.42. The predicted octanol–water partition coefficient (Wildman–Crippen LogP) is 2.30. The smallest absolute Gasteiger partial charge is 0.127 e. The van der Waals surface area contributed by atoms with E-state index in [4.69, 9.17) is 4.74 Å². The van der Waals surface area contributed by atoms with Gasteiger partial charge in [0, 0.05) is 24.0 Å². The molecule has 4 rings (SSSR count). The van der Waals surface area contributed by atoms with Gasteiger partial charge in [-0.1, -0.05) is 22.6 Å². The van der Waals surface area contributed by atoms with Crippen LogP contribution in [0.5, 0.6) is 11.5 Å². The van der Waals surface area contributed by atoms with Crippen LogP contribution in [0.25, 0.3) is 0 Å². The SMILES string of the molecule is C[C@]1(O)C2=C(CC(O)C(O)=C2)[C@]2(I)c3ccc(O)cc3OCC12. The van der Waals surface area contributed by atoms with E-state index in [0.717, 1.165) is 11.1 Å². The second-order valence-corrected chi connectivity index (χ2v) is 8.29. The molecule has 0 amide bonds. The summed E-state index contributed by atoms with van der Waals surface area (Å²) >= 11 is 2.32. The van der Waals surface area contributed by atoms with Gasteiger partial charge in [-0.15, -0.1) is 0 Å². The zero-order valence-electron chi connectivity index (χ0n) is 12.5. The van der Waals surface area contributed by atoms with Crippen LogP contribution < -0.4 is 4.74 Å². The fourth-order valence-electron chi connectivity index (χ4n) is 4.05. The van der Waals surface area contributed by atoms with Gasteiger partial charge in [0.05, 0.1) is 15.6 Å². The molecule has 1 aromatic rings. The van der Waals surface area contributed by atoms with E-state index in [2.05, 4.69) is 22.6 Å². The van der Waals surface area contributed by atoms with Gasteiger partial charge < -0.3 is 25.2 Å². The zero-order chi connectivity index (χ0) is 16.6.